The van der Waals surface area contributed by atoms with Gasteiger partial charge in [-0.2, -0.15) is 0 Å². The fourth-order valence-corrected chi connectivity index (χ4v) is 3.95. The second-order valence-corrected chi connectivity index (χ2v) is 8.33. The molecule has 1 aromatic heterocycles. The Morgan fingerprint density at radius 1 is 0.765 bits per heavy atom. The molecule has 1 unspecified atom stereocenters. The Kier molecular flexibility index (Phi) is 10.8. The van der Waals surface area contributed by atoms with E-state index in [0.717, 1.165) is 38.5 Å². The summed E-state index contributed by atoms with van der Waals surface area (Å²) in [5, 5.41) is 0. The largest absolute Gasteiger partial charge is 0.462 e. The van der Waals surface area contributed by atoms with Crippen molar-refractivity contribution in [1.82, 2.24) is 4.98 Å². The fourth-order valence-electron chi connectivity index (χ4n) is 3.95. The lowest BCUT2D eigenvalue weighted by Crippen LogP contribution is -2.14. The molecule has 1 atom stereocenters. The van der Waals surface area contributed by atoms with Crippen LogP contribution in [0.1, 0.15) is 65.9 Å². The molecule has 34 heavy (non-hydrogen) atoms. The normalized spacial score (nSPS) is 11.5. The Bertz CT molecular complexity index is 977. The Morgan fingerprint density at radius 2 is 1.50 bits per heavy atom. The molecule has 0 radical (unpaired) electrons. The van der Waals surface area contributed by atoms with Crippen molar-refractivity contribution < 1.29 is 19.1 Å². The highest BCUT2D eigenvalue weighted by atomic mass is 16.6. The lowest BCUT2D eigenvalue weighted by Gasteiger charge is -2.17. The van der Waals surface area contributed by atoms with E-state index in [1.54, 1.807) is 18.3 Å². The quantitative estimate of drug-likeness (QED) is 0.214. The molecule has 0 spiro atoms. The van der Waals surface area contributed by atoms with E-state index in [2.05, 4.69) is 65.6 Å². The van der Waals surface area contributed by atoms with Crippen molar-refractivity contribution in [1.29, 1.82) is 0 Å². The summed E-state index contributed by atoms with van der Waals surface area (Å²) in [5.41, 5.74) is 3.14. The smallest absolute Gasteiger partial charge is 0.339 e. The van der Waals surface area contributed by atoms with E-state index in [4.69, 9.17) is 9.47 Å². The minimum Gasteiger partial charge on any atom is -0.462 e. The average Bonchev–Trinajstić information content (AvgIpc) is 2.89. The Hall–Kier alpha value is -3.47. The summed E-state index contributed by atoms with van der Waals surface area (Å²) in [6.45, 7) is 0.111. The summed E-state index contributed by atoms with van der Waals surface area (Å²) in [7, 11) is 0. The predicted molar refractivity (Wildman–Crippen MR) is 133 cm³/mol. The van der Waals surface area contributed by atoms with Crippen LogP contribution < -0.4 is 0 Å². The zero-order valence-corrected chi connectivity index (χ0v) is 19.6. The third kappa shape index (κ3) is 9.18. The lowest BCUT2D eigenvalue weighted by molar-refractivity contribution is -0.144. The van der Waals surface area contributed by atoms with E-state index in [9.17, 15) is 9.59 Å². The molecule has 0 fully saturated rings. The first-order valence-corrected chi connectivity index (χ1v) is 12.0. The van der Waals surface area contributed by atoms with Crippen LogP contribution in [-0.2, 0) is 20.7 Å². The Labute approximate surface area is 202 Å². The van der Waals surface area contributed by atoms with Gasteiger partial charge in [0.05, 0.1) is 5.56 Å². The predicted octanol–water partition coefficient (Wildman–Crippen LogP) is 6.15. The fraction of sp³-hybridized carbons (Fsp3) is 0.345. The molecule has 5 heteroatoms. The van der Waals surface area contributed by atoms with Crippen LogP contribution in [0.4, 0.5) is 0 Å². The van der Waals surface area contributed by atoms with Crippen LogP contribution in [0.25, 0.3) is 0 Å². The number of unbranched alkanes of at least 4 members (excludes halogenated alkanes) is 2. The van der Waals surface area contributed by atoms with Crippen molar-refractivity contribution >= 4 is 11.9 Å². The molecule has 2 aromatic carbocycles. The van der Waals surface area contributed by atoms with Crippen LogP contribution in [0.2, 0.25) is 0 Å². The summed E-state index contributed by atoms with van der Waals surface area (Å²) in [6.07, 6.45) is 9.57. The number of esters is 2. The first-order valence-electron chi connectivity index (χ1n) is 12.0. The number of nitrogens with zero attached hydrogens (tertiary/aromatic N) is 1. The van der Waals surface area contributed by atoms with E-state index in [1.807, 2.05) is 0 Å². The van der Waals surface area contributed by atoms with Gasteiger partial charge >= 0.3 is 11.9 Å². The molecular weight excluding hydrogens is 426 g/mol. The molecule has 0 saturated heterocycles. The van der Waals surface area contributed by atoms with Crippen LogP contribution in [-0.4, -0.2) is 30.1 Å². The number of hydrogen-bond donors (Lipinski definition) is 0. The number of carbonyl (C=O) groups excluding carboxylic acids is 2. The molecule has 0 N–H and O–H groups in total. The van der Waals surface area contributed by atoms with Crippen LogP contribution >= 0.6 is 0 Å². The van der Waals surface area contributed by atoms with Gasteiger partial charge in [-0.15, -0.1) is 0 Å². The van der Waals surface area contributed by atoms with Gasteiger partial charge < -0.3 is 9.47 Å². The number of aromatic nitrogens is 1. The standard InChI is InChI=1S/C29H33NO4/c31-28(33-21-22-34-29(32)27-16-10-20-30-23-27)17-9-3-8-15-26(25-13-6-2-7-14-25)19-18-24-11-4-1-5-12-24/h1-2,4-7,10-14,16,20,23,26H,3,8-9,15,17-19,21-22H2. The molecule has 0 aliphatic heterocycles. The van der Waals surface area contributed by atoms with Gasteiger partial charge in [-0.1, -0.05) is 73.5 Å². The summed E-state index contributed by atoms with van der Waals surface area (Å²) in [4.78, 5) is 27.7. The van der Waals surface area contributed by atoms with E-state index >= 15 is 0 Å². The number of rotatable bonds is 14. The molecule has 3 rings (SSSR count). The second kappa shape index (κ2) is 14.6. The van der Waals surface area contributed by atoms with Gasteiger partial charge in [0.25, 0.3) is 0 Å². The highest BCUT2D eigenvalue weighted by Gasteiger charge is 2.12. The lowest BCUT2D eigenvalue weighted by atomic mass is 9.88. The molecule has 1 heterocycles. The summed E-state index contributed by atoms with van der Waals surface area (Å²) >= 11 is 0. The van der Waals surface area contributed by atoms with Crippen LogP contribution in [0.3, 0.4) is 0 Å². The van der Waals surface area contributed by atoms with Crippen molar-refractivity contribution in [2.75, 3.05) is 13.2 Å². The van der Waals surface area contributed by atoms with Gasteiger partial charge in [-0.3, -0.25) is 9.78 Å². The van der Waals surface area contributed by atoms with Crippen molar-refractivity contribution in [2.24, 2.45) is 0 Å². The summed E-state index contributed by atoms with van der Waals surface area (Å²) in [6, 6.07) is 24.6. The molecule has 0 aliphatic rings. The summed E-state index contributed by atoms with van der Waals surface area (Å²) in [5.74, 6) is -0.201. The van der Waals surface area contributed by atoms with Gasteiger partial charge in [-0.25, -0.2) is 4.79 Å². The third-order valence-corrected chi connectivity index (χ3v) is 5.81. The number of pyridine rings is 1. The molecule has 0 amide bonds. The second-order valence-electron chi connectivity index (χ2n) is 8.33. The van der Waals surface area contributed by atoms with E-state index in [0.29, 0.717) is 17.9 Å². The number of benzene rings is 2. The highest BCUT2D eigenvalue weighted by molar-refractivity contribution is 5.88. The monoisotopic (exact) mass is 459 g/mol. The SMILES string of the molecule is O=C(CCCCCC(CCc1ccccc1)c1ccccc1)OCCOC(=O)c1cccnc1. The van der Waals surface area contributed by atoms with E-state index < -0.39 is 5.97 Å². The number of aryl methyl sites for hydroxylation is 1. The Balaban J connectivity index is 1.30. The van der Waals surface area contributed by atoms with Gasteiger partial charge in [0.2, 0.25) is 0 Å². The van der Waals surface area contributed by atoms with Crippen LogP contribution in [0, 0.1) is 0 Å². The first-order chi connectivity index (χ1) is 16.7. The van der Waals surface area contributed by atoms with Gasteiger partial charge in [0.15, 0.2) is 0 Å². The zero-order chi connectivity index (χ0) is 23.8. The number of hydrogen-bond acceptors (Lipinski definition) is 5. The maximum atomic E-state index is 12.0. The molecule has 0 bridgehead atoms. The van der Waals surface area contributed by atoms with Crippen molar-refractivity contribution in [3.05, 3.63) is 102 Å². The molecule has 0 aliphatic carbocycles. The number of carbonyl (C=O) groups is 2. The van der Waals surface area contributed by atoms with Crippen molar-refractivity contribution in [2.45, 2.75) is 50.9 Å². The van der Waals surface area contributed by atoms with Crippen molar-refractivity contribution in [3.8, 4) is 0 Å². The number of ether oxygens (including phenoxy) is 2. The van der Waals surface area contributed by atoms with Gasteiger partial charge in [-0.05, 0) is 54.9 Å². The van der Waals surface area contributed by atoms with E-state index in [1.165, 1.54) is 17.3 Å². The molecular formula is C29H33NO4. The van der Waals surface area contributed by atoms with Crippen molar-refractivity contribution in [3.63, 3.8) is 0 Å². The minimum absolute atomic E-state index is 0.0413. The minimum atomic E-state index is -0.468. The zero-order valence-electron chi connectivity index (χ0n) is 19.6. The maximum Gasteiger partial charge on any atom is 0.339 e. The summed E-state index contributed by atoms with van der Waals surface area (Å²) < 4.78 is 10.3. The third-order valence-electron chi connectivity index (χ3n) is 5.81. The topological polar surface area (TPSA) is 65.5 Å². The Morgan fingerprint density at radius 3 is 2.24 bits per heavy atom. The molecule has 5 nitrogen and oxygen atoms in total. The van der Waals surface area contributed by atoms with Gasteiger partial charge in [0, 0.05) is 18.8 Å². The molecule has 178 valence electrons. The van der Waals surface area contributed by atoms with Gasteiger partial charge in [0.1, 0.15) is 13.2 Å². The first kappa shape index (κ1) is 25.2. The van der Waals surface area contributed by atoms with E-state index in [-0.39, 0.29) is 19.2 Å². The molecule has 3 aromatic rings. The highest BCUT2D eigenvalue weighted by Crippen LogP contribution is 2.27. The average molecular weight is 460 g/mol. The van der Waals surface area contributed by atoms with Crippen LogP contribution in [0.5, 0.6) is 0 Å². The molecule has 0 saturated carbocycles. The van der Waals surface area contributed by atoms with Crippen LogP contribution in [0.15, 0.2) is 85.2 Å². The maximum absolute atomic E-state index is 12.0.